The first-order chi connectivity index (χ1) is 8.22. The Labute approximate surface area is 103 Å². The first-order valence-electron chi connectivity index (χ1n) is 5.58. The van der Waals surface area contributed by atoms with Crippen molar-refractivity contribution in [3.05, 3.63) is 17.3 Å². The minimum Gasteiger partial charge on any atom is -0.422 e. The van der Waals surface area contributed by atoms with Crippen LogP contribution in [0.3, 0.4) is 0 Å². The molecule has 2 aromatic heterocycles. The number of aliphatic hydroxyl groups excluding tert-OH is 1. The van der Waals surface area contributed by atoms with Crippen LogP contribution in [0.2, 0.25) is 5.15 Å². The summed E-state index contributed by atoms with van der Waals surface area (Å²) in [6.45, 7) is 1.40. The molecule has 0 radical (unpaired) electrons. The highest BCUT2D eigenvalue weighted by molar-refractivity contribution is 6.29. The van der Waals surface area contributed by atoms with E-state index in [0.29, 0.717) is 28.9 Å². The predicted octanol–water partition coefficient (Wildman–Crippen LogP) is 1.84. The van der Waals surface area contributed by atoms with Crippen molar-refractivity contribution in [1.82, 2.24) is 9.97 Å². The van der Waals surface area contributed by atoms with Crippen LogP contribution in [0.1, 0.15) is 12.8 Å². The van der Waals surface area contributed by atoms with Gasteiger partial charge in [0.25, 0.3) is 6.01 Å². The molecule has 0 saturated carbocycles. The topological polar surface area (TPSA) is 62.4 Å². The second-order valence-electron chi connectivity index (χ2n) is 4.19. The second-order valence-corrected chi connectivity index (χ2v) is 4.58. The molecule has 1 aliphatic heterocycles. The second kappa shape index (κ2) is 4.16. The van der Waals surface area contributed by atoms with Gasteiger partial charge in [0.2, 0.25) is 5.65 Å². The fraction of sp³-hybridized carbons (Fsp3) is 0.455. The van der Waals surface area contributed by atoms with Gasteiger partial charge in [0.05, 0.1) is 6.10 Å². The lowest BCUT2D eigenvalue weighted by Gasteiger charge is -2.28. The number of oxazole rings is 1. The molecule has 1 aliphatic rings. The molecule has 0 spiro atoms. The molecule has 1 atom stereocenters. The Morgan fingerprint density at radius 1 is 1.41 bits per heavy atom. The van der Waals surface area contributed by atoms with Gasteiger partial charge in [0, 0.05) is 13.1 Å². The Bertz CT molecular complexity index is 542. The minimum absolute atomic E-state index is 0.310. The summed E-state index contributed by atoms with van der Waals surface area (Å²) in [5, 5.41) is 10.0. The summed E-state index contributed by atoms with van der Waals surface area (Å²) in [7, 11) is 0. The molecule has 1 unspecified atom stereocenters. The molecule has 5 nitrogen and oxygen atoms in total. The van der Waals surface area contributed by atoms with Crippen LogP contribution in [0.5, 0.6) is 0 Å². The molecule has 2 aromatic rings. The van der Waals surface area contributed by atoms with E-state index >= 15 is 0 Å². The van der Waals surface area contributed by atoms with Crippen molar-refractivity contribution in [1.29, 1.82) is 0 Å². The largest absolute Gasteiger partial charge is 0.422 e. The fourth-order valence-electron chi connectivity index (χ4n) is 2.05. The molecule has 1 saturated heterocycles. The molecule has 90 valence electrons. The number of pyridine rings is 1. The van der Waals surface area contributed by atoms with E-state index in [1.165, 1.54) is 0 Å². The van der Waals surface area contributed by atoms with Crippen LogP contribution in [-0.2, 0) is 0 Å². The fourth-order valence-corrected chi connectivity index (χ4v) is 2.19. The van der Waals surface area contributed by atoms with E-state index in [1.807, 2.05) is 4.90 Å². The van der Waals surface area contributed by atoms with Crippen LogP contribution in [0.4, 0.5) is 6.01 Å². The number of piperidine rings is 1. The first kappa shape index (κ1) is 10.8. The van der Waals surface area contributed by atoms with Crippen molar-refractivity contribution in [2.24, 2.45) is 0 Å². The normalized spacial score (nSPS) is 21.1. The van der Waals surface area contributed by atoms with Gasteiger partial charge in [-0.1, -0.05) is 11.6 Å². The summed E-state index contributed by atoms with van der Waals surface area (Å²) in [6.07, 6.45) is 1.46. The monoisotopic (exact) mass is 253 g/mol. The Morgan fingerprint density at radius 3 is 3.12 bits per heavy atom. The van der Waals surface area contributed by atoms with E-state index in [-0.39, 0.29) is 6.10 Å². The molecule has 6 heteroatoms. The zero-order valence-corrected chi connectivity index (χ0v) is 9.89. The Morgan fingerprint density at radius 2 is 2.29 bits per heavy atom. The smallest absolute Gasteiger partial charge is 0.300 e. The standard InChI is InChI=1S/C11H12ClN3O2/c12-9-4-3-8-10(13-9)14-11(17-8)15-5-1-2-7(16)6-15/h3-4,7,16H,1-2,5-6H2. The number of anilines is 1. The van der Waals surface area contributed by atoms with Gasteiger partial charge in [0.15, 0.2) is 5.58 Å². The maximum Gasteiger partial charge on any atom is 0.300 e. The maximum absolute atomic E-state index is 9.61. The maximum atomic E-state index is 9.61. The molecule has 3 heterocycles. The number of aliphatic hydroxyl groups is 1. The van der Waals surface area contributed by atoms with Crippen LogP contribution in [0.15, 0.2) is 16.5 Å². The molecule has 17 heavy (non-hydrogen) atoms. The number of hydrogen-bond donors (Lipinski definition) is 1. The zero-order valence-electron chi connectivity index (χ0n) is 9.14. The average molecular weight is 254 g/mol. The summed E-state index contributed by atoms with van der Waals surface area (Å²) in [5.41, 5.74) is 1.12. The molecule has 0 aromatic carbocycles. The zero-order chi connectivity index (χ0) is 11.8. The minimum atomic E-state index is -0.310. The van der Waals surface area contributed by atoms with Crippen molar-refractivity contribution in [2.45, 2.75) is 18.9 Å². The van der Waals surface area contributed by atoms with Crippen LogP contribution >= 0.6 is 11.6 Å². The van der Waals surface area contributed by atoms with E-state index in [9.17, 15) is 5.11 Å². The highest BCUT2D eigenvalue weighted by atomic mass is 35.5. The summed E-state index contributed by atoms with van der Waals surface area (Å²) < 4.78 is 5.59. The van der Waals surface area contributed by atoms with E-state index in [1.54, 1.807) is 12.1 Å². The van der Waals surface area contributed by atoms with Gasteiger partial charge >= 0.3 is 0 Å². The van der Waals surface area contributed by atoms with Gasteiger partial charge in [-0.05, 0) is 25.0 Å². The quantitative estimate of drug-likeness (QED) is 0.786. The summed E-state index contributed by atoms with van der Waals surface area (Å²) in [5.74, 6) is 0. The summed E-state index contributed by atoms with van der Waals surface area (Å²) >= 11 is 5.79. The van der Waals surface area contributed by atoms with Gasteiger partial charge in [-0.25, -0.2) is 4.98 Å². The van der Waals surface area contributed by atoms with E-state index in [4.69, 9.17) is 16.0 Å². The van der Waals surface area contributed by atoms with E-state index in [2.05, 4.69) is 9.97 Å². The summed E-state index contributed by atoms with van der Waals surface area (Å²) in [6, 6.07) is 3.93. The number of aromatic nitrogens is 2. The number of rotatable bonds is 1. The van der Waals surface area contributed by atoms with Gasteiger partial charge in [-0.2, -0.15) is 4.98 Å². The van der Waals surface area contributed by atoms with Crippen molar-refractivity contribution in [3.63, 3.8) is 0 Å². The van der Waals surface area contributed by atoms with Crippen molar-refractivity contribution in [3.8, 4) is 0 Å². The highest BCUT2D eigenvalue weighted by Crippen LogP contribution is 2.24. The lowest BCUT2D eigenvalue weighted by Crippen LogP contribution is -2.38. The van der Waals surface area contributed by atoms with E-state index in [0.717, 1.165) is 19.4 Å². The predicted molar refractivity (Wildman–Crippen MR) is 64.3 cm³/mol. The van der Waals surface area contributed by atoms with Crippen LogP contribution in [0, 0.1) is 0 Å². The number of fused-ring (bicyclic) bond motifs is 1. The molecule has 3 rings (SSSR count). The van der Waals surface area contributed by atoms with Gasteiger partial charge in [-0.3, -0.25) is 0 Å². The first-order valence-corrected chi connectivity index (χ1v) is 5.96. The molecular weight excluding hydrogens is 242 g/mol. The van der Waals surface area contributed by atoms with Gasteiger partial charge in [0.1, 0.15) is 5.15 Å². The third-order valence-corrected chi connectivity index (χ3v) is 3.09. The van der Waals surface area contributed by atoms with Gasteiger partial charge in [-0.15, -0.1) is 0 Å². The Balaban J connectivity index is 1.94. The molecule has 0 aliphatic carbocycles. The lowest BCUT2D eigenvalue weighted by molar-refractivity contribution is 0.152. The molecule has 0 bridgehead atoms. The Kier molecular flexibility index (Phi) is 2.64. The molecular formula is C11H12ClN3O2. The van der Waals surface area contributed by atoms with Crippen molar-refractivity contribution >= 4 is 28.8 Å². The van der Waals surface area contributed by atoms with E-state index < -0.39 is 0 Å². The molecule has 1 N–H and O–H groups in total. The third-order valence-electron chi connectivity index (χ3n) is 2.88. The summed E-state index contributed by atoms with van der Waals surface area (Å²) in [4.78, 5) is 10.3. The number of hydrogen-bond acceptors (Lipinski definition) is 5. The van der Waals surface area contributed by atoms with Crippen molar-refractivity contribution < 1.29 is 9.52 Å². The molecule has 0 amide bonds. The van der Waals surface area contributed by atoms with Crippen LogP contribution < -0.4 is 4.90 Å². The number of nitrogens with zero attached hydrogens (tertiary/aromatic N) is 3. The Hall–Kier alpha value is -1.33. The molecule has 1 fully saturated rings. The number of halogens is 1. The van der Waals surface area contributed by atoms with Gasteiger partial charge < -0.3 is 14.4 Å². The van der Waals surface area contributed by atoms with Crippen molar-refractivity contribution in [2.75, 3.05) is 18.0 Å². The van der Waals surface area contributed by atoms with Crippen LogP contribution in [-0.4, -0.2) is 34.3 Å². The highest BCUT2D eigenvalue weighted by Gasteiger charge is 2.22. The SMILES string of the molecule is OC1CCCN(c2nc3nc(Cl)ccc3o2)C1. The number of β-amino-alcohol motifs (C(OH)–C–C–N with tert-alkyl or cyclic N) is 1. The average Bonchev–Trinajstić information content (AvgIpc) is 2.72. The van der Waals surface area contributed by atoms with Crippen LogP contribution in [0.25, 0.3) is 11.2 Å². The third kappa shape index (κ3) is 2.08. The lowest BCUT2D eigenvalue weighted by atomic mass is 10.1.